The van der Waals surface area contributed by atoms with Crippen LogP contribution in [-0.4, -0.2) is 16.3 Å². The molecule has 0 aliphatic heterocycles. The van der Waals surface area contributed by atoms with E-state index < -0.39 is 18.0 Å². The molecule has 1 aromatic rings. The highest BCUT2D eigenvalue weighted by Gasteiger charge is 2.18. The van der Waals surface area contributed by atoms with E-state index in [9.17, 15) is 14.6 Å². The van der Waals surface area contributed by atoms with Crippen molar-refractivity contribution in [3.05, 3.63) is 28.5 Å². The lowest BCUT2D eigenvalue weighted by molar-refractivity contribution is 0.150. The number of aliphatic hydroxyl groups excluding tert-OH is 1. The Morgan fingerprint density at radius 2 is 2.07 bits per heavy atom. The molecule has 0 amide bonds. The molecule has 0 bridgehead atoms. The van der Waals surface area contributed by atoms with Crippen LogP contribution >= 0.6 is 11.6 Å². The molecule has 0 aromatic heterocycles. The normalized spacial score (nSPS) is 15.2. The summed E-state index contributed by atoms with van der Waals surface area (Å²) in [5, 5.41) is 18.7. The first-order valence-electron chi connectivity index (χ1n) is 4.05. The number of phenols is 1. The lowest BCUT2D eigenvalue weighted by Gasteiger charge is -2.16. The summed E-state index contributed by atoms with van der Waals surface area (Å²) in [4.78, 5) is 0. The van der Waals surface area contributed by atoms with E-state index in [2.05, 4.69) is 0 Å². The summed E-state index contributed by atoms with van der Waals surface area (Å²) in [6.45, 7) is 1.57. The Balaban J connectivity index is 3.15. The standard InChI is InChI=1S/C9H11ClFNO2/c1-4(12)9(14)5-2-6(10)7(11)3-8(5)13/h2-4,9,13-14H,12H2,1H3. The molecular weight excluding hydrogens is 209 g/mol. The first-order chi connectivity index (χ1) is 6.43. The number of aromatic hydroxyl groups is 1. The Kier molecular flexibility index (Phi) is 3.31. The van der Waals surface area contributed by atoms with Crippen molar-refractivity contribution in [1.82, 2.24) is 0 Å². The van der Waals surface area contributed by atoms with Crippen LogP contribution in [0.25, 0.3) is 0 Å². The minimum Gasteiger partial charge on any atom is -0.507 e. The van der Waals surface area contributed by atoms with Gasteiger partial charge in [-0.3, -0.25) is 0 Å². The van der Waals surface area contributed by atoms with Crippen molar-refractivity contribution in [2.24, 2.45) is 5.73 Å². The molecular formula is C9H11ClFNO2. The molecule has 2 unspecified atom stereocenters. The third-order valence-corrected chi connectivity index (χ3v) is 2.18. The fourth-order valence-corrected chi connectivity index (χ4v) is 1.24. The molecule has 0 aliphatic carbocycles. The van der Waals surface area contributed by atoms with Crippen LogP contribution in [0.2, 0.25) is 5.02 Å². The van der Waals surface area contributed by atoms with Crippen LogP contribution in [0.5, 0.6) is 5.75 Å². The third kappa shape index (κ3) is 2.15. The second-order valence-electron chi connectivity index (χ2n) is 3.13. The molecule has 2 atom stereocenters. The molecule has 0 heterocycles. The number of benzene rings is 1. The summed E-state index contributed by atoms with van der Waals surface area (Å²) in [6, 6.07) is 1.45. The fourth-order valence-electron chi connectivity index (χ4n) is 1.07. The second-order valence-corrected chi connectivity index (χ2v) is 3.54. The van der Waals surface area contributed by atoms with Gasteiger partial charge in [-0.2, -0.15) is 0 Å². The summed E-state index contributed by atoms with van der Waals surface area (Å²) in [5.74, 6) is -1.08. The van der Waals surface area contributed by atoms with Crippen LogP contribution in [0.4, 0.5) is 4.39 Å². The van der Waals surface area contributed by atoms with E-state index in [1.807, 2.05) is 0 Å². The van der Waals surface area contributed by atoms with Gasteiger partial charge in [0.05, 0.1) is 11.1 Å². The number of aliphatic hydroxyl groups is 1. The van der Waals surface area contributed by atoms with Crippen molar-refractivity contribution >= 4 is 11.6 Å². The molecule has 4 N–H and O–H groups in total. The van der Waals surface area contributed by atoms with Crippen molar-refractivity contribution in [2.75, 3.05) is 0 Å². The Morgan fingerprint density at radius 1 is 1.50 bits per heavy atom. The molecule has 0 aliphatic rings. The Morgan fingerprint density at radius 3 is 2.57 bits per heavy atom. The molecule has 0 saturated carbocycles. The Labute approximate surface area is 85.9 Å². The molecule has 0 saturated heterocycles. The summed E-state index contributed by atoms with van der Waals surface area (Å²) in [5.41, 5.74) is 5.56. The van der Waals surface area contributed by atoms with Gasteiger partial charge in [-0.05, 0) is 13.0 Å². The van der Waals surface area contributed by atoms with Crippen LogP contribution in [-0.2, 0) is 0 Å². The van der Waals surface area contributed by atoms with Crippen molar-refractivity contribution < 1.29 is 14.6 Å². The van der Waals surface area contributed by atoms with E-state index in [1.165, 1.54) is 6.07 Å². The average Bonchev–Trinajstić information content (AvgIpc) is 2.10. The van der Waals surface area contributed by atoms with Crippen molar-refractivity contribution in [3.8, 4) is 5.75 Å². The van der Waals surface area contributed by atoms with E-state index in [4.69, 9.17) is 17.3 Å². The topological polar surface area (TPSA) is 66.5 Å². The molecule has 1 rings (SSSR count). The number of hydrogen-bond acceptors (Lipinski definition) is 3. The SMILES string of the molecule is CC(N)C(O)c1cc(Cl)c(F)cc1O. The fraction of sp³-hybridized carbons (Fsp3) is 0.333. The van der Waals surface area contributed by atoms with Gasteiger partial charge in [-0.1, -0.05) is 11.6 Å². The molecule has 0 fully saturated rings. The zero-order valence-electron chi connectivity index (χ0n) is 7.54. The molecule has 1 aromatic carbocycles. The van der Waals surface area contributed by atoms with E-state index in [0.29, 0.717) is 0 Å². The zero-order valence-corrected chi connectivity index (χ0v) is 8.29. The van der Waals surface area contributed by atoms with Crippen LogP contribution in [0.1, 0.15) is 18.6 Å². The van der Waals surface area contributed by atoms with Gasteiger partial charge in [-0.15, -0.1) is 0 Å². The Bertz CT molecular complexity index is 344. The lowest BCUT2D eigenvalue weighted by atomic mass is 10.0. The number of rotatable bonds is 2. The maximum atomic E-state index is 12.8. The largest absolute Gasteiger partial charge is 0.507 e. The summed E-state index contributed by atoms with van der Waals surface area (Å²) in [6.07, 6.45) is -1.06. The van der Waals surface area contributed by atoms with Crippen molar-refractivity contribution in [1.29, 1.82) is 0 Å². The van der Waals surface area contributed by atoms with Gasteiger partial charge in [0.1, 0.15) is 11.6 Å². The predicted octanol–water partition coefficient (Wildman–Crippen LogP) is 1.57. The van der Waals surface area contributed by atoms with E-state index in [-0.39, 0.29) is 16.3 Å². The molecule has 5 heteroatoms. The van der Waals surface area contributed by atoms with Gasteiger partial charge in [0, 0.05) is 17.7 Å². The molecule has 78 valence electrons. The first kappa shape index (κ1) is 11.2. The maximum absolute atomic E-state index is 12.8. The smallest absolute Gasteiger partial charge is 0.145 e. The van der Waals surface area contributed by atoms with Crippen LogP contribution < -0.4 is 5.73 Å². The second kappa shape index (κ2) is 4.13. The average molecular weight is 220 g/mol. The van der Waals surface area contributed by atoms with E-state index in [1.54, 1.807) is 6.92 Å². The van der Waals surface area contributed by atoms with Gasteiger partial charge >= 0.3 is 0 Å². The highest BCUT2D eigenvalue weighted by Crippen LogP contribution is 2.30. The van der Waals surface area contributed by atoms with Crippen LogP contribution in [0, 0.1) is 5.82 Å². The predicted molar refractivity (Wildman–Crippen MR) is 51.7 cm³/mol. The molecule has 14 heavy (non-hydrogen) atoms. The first-order valence-corrected chi connectivity index (χ1v) is 4.43. The Hall–Kier alpha value is -0.840. The highest BCUT2D eigenvalue weighted by atomic mass is 35.5. The van der Waals surface area contributed by atoms with Gasteiger partial charge in [0.25, 0.3) is 0 Å². The summed E-state index contributed by atoms with van der Waals surface area (Å²) >= 11 is 5.50. The highest BCUT2D eigenvalue weighted by molar-refractivity contribution is 6.30. The van der Waals surface area contributed by atoms with Crippen LogP contribution in [0.15, 0.2) is 12.1 Å². The zero-order chi connectivity index (χ0) is 10.9. The lowest BCUT2D eigenvalue weighted by Crippen LogP contribution is -2.24. The van der Waals surface area contributed by atoms with E-state index in [0.717, 1.165) is 6.07 Å². The monoisotopic (exact) mass is 219 g/mol. The number of phenolic OH excluding ortho intramolecular Hbond substituents is 1. The quantitative estimate of drug-likeness (QED) is 0.707. The minimum absolute atomic E-state index is 0.131. The van der Waals surface area contributed by atoms with Crippen molar-refractivity contribution in [2.45, 2.75) is 19.1 Å². The maximum Gasteiger partial charge on any atom is 0.145 e. The van der Waals surface area contributed by atoms with Gasteiger partial charge in [0.2, 0.25) is 0 Å². The van der Waals surface area contributed by atoms with Gasteiger partial charge in [-0.25, -0.2) is 4.39 Å². The van der Waals surface area contributed by atoms with Gasteiger partial charge in [0.15, 0.2) is 0 Å². The summed E-state index contributed by atoms with van der Waals surface area (Å²) < 4.78 is 12.8. The van der Waals surface area contributed by atoms with E-state index >= 15 is 0 Å². The van der Waals surface area contributed by atoms with Crippen molar-refractivity contribution in [3.63, 3.8) is 0 Å². The number of hydrogen-bond donors (Lipinski definition) is 3. The van der Waals surface area contributed by atoms with Gasteiger partial charge < -0.3 is 15.9 Å². The molecule has 0 radical (unpaired) electrons. The molecule has 3 nitrogen and oxygen atoms in total. The van der Waals surface area contributed by atoms with Crippen LogP contribution in [0.3, 0.4) is 0 Å². The molecule has 0 spiro atoms. The third-order valence-electron chi connectivity index (χ3n) is 1.89. The number of nitrogens with two attached hydrogens (primary N) is 1. The summed E-state index contributed by atoms with van der Waals surface area (Å²) in [7, 11) is 0. The number of halogens is 2. The minimum atomic E-state index is -1.06.